The van der Waals surface area contributed by atoms with Gasteiger partial charge in [-0.3, -0.25) is 14.9 Å². The Morgan fingerprint density at radius 1 is 1.06 bits per heavy atom. The molecule has 4 aromatic rings. The lowest BCUT2D eigenvalue weighted by Crippen LogP contribution is -2.28. The number of phenolic OH excluding ortho intramolecular Hbond substituents is 1. The molecular formula is C21H15Cl2N3O6S2. The van der Waals surface area contributed by atoms with E-state index >= 15 is 0 Å². The molecule has 4 rings (SSSR count). The van der Waals surface area contributed by atoms with Gasteiger partial charge in [0, 0.05) is 22.6 Å². The second kappa shape index (κ2) is 8.99. The minimum atomic E-state index is -4.38. The summed E-state index contributed by atoms with van der Waals surface area (Å²) in [6.45, 7) is -0.448. The van der Waals surface area contributed by atoms with Crippen LogP contribution in [-0.2, 0) is 16.6 Å². The van der Waals surface area contributed by atoms with Gasteiger partial charge in [0.15, 0.2) is 0 Å². The fraction of sp³-hybridized carbons (Fsp3) is 0.0952. The molecule has 34 heavy (non-hydrogen) atoms. The highest BCUT2D eigenvalue weighted by Gasteiger charge is 2.27. The van der Waals surface area contributed by atoms with E-state index in [2.05, 4.69) is 0 Å². The molecule has 1 heterocycles. The number of nitro benzene ring substituents is 1. The number of fused-ring (bicyclic) bond motifs is 1. The molecule has 0 aliphatic carbocycles. The van der Waals surface area contributed by atoms with Crippen molar-refractivity contribution in [2.24, 2.45) is 0 Å². The van der Waals surface area contributed by atoms with Crippen LogP contribution in [0.4, 0.5) is 5.69 Å². The number of hydrogen-bond donors (Lipinski definition) is 1. The Bertz CT molecular complexity index is 1630. The Morgan fingerprint density at radius 2 is 1.79 bits per heavy atom. The number of thioether (sulfide) groups is 1. The molecule has 9 nitrogen and oxygen atoms in total. The summed E-state index contributed by atoms with van der Waals surface area (Å²) in [4.78, 5) is 24.4. The van der Waals surface area contributed by atoms with E-state index in [1.165, 1.54) is 36.0 Å². The number of benzene rings is 3. The first kappa shape index (κ1) is 24.1. The normalized spacial score (nSPS) is 11.7. The number of aromatic nitrogens is 2. The second-order valence-corrected chi connectivity index (χ2v) is 10.6. The molecule has 3 aromatic carbocycles. The molecule has 0 fully saturated rings. The molecule has 176 valence electrons. The largest absolute Gasteiger partial charge is 0.508 e. The topological polar surface area (TPSA) is 124 Å². The van der Waals surface area contributed by atoms with Crippen molar-refractivity contribution in [3.8, 4) is 5.75 Å². The fourth-order valence-corrected chi connectivity index (χ4v) is 5.76. The predicted molar refractivity (Wildman–Crippen MR) is 131 cm³/mol. The Morgan fingerprint density at radius 3 is 2.44 bits per heavy atom. The third-order valence-electron chi connectivity index (χ3n) is 5.10. The molecule has 1 aromatic heterocycles. The highest BCUT2D eigenvalue weighted by molar-refractivity contribution is 7.98. The van der Waals surface area contributed by atoms with E-state index in [4.69, 9.17) is 23.2 Å². The third kappa shape index (κ3) is 4.16. The van der Waals surface area contributed by atoms with E-state index in [1.54, 1.807) is 12.1 Å². The minimum absolute atomic E-state index is 0.00483. The van der Waals surface area contributed by atoms with Gasteiger partial charge in [-0.25, -0.2) is 4.68 Å². The lowest BCUT2D eigenvalue weighted by molar-refractivity contribution is -0.384. The molecule has 0 spiro atoms. The van der Waals surface area contributed by atoms with Crippen LogP contribution >= 0.6 is 35.0 Å². The van der Waals surface area contributed by atoms with Crippen LogP contribution in [-0.4, -0.2) is 33.5 Å². The molecule has 0 radical (unpaired) electrons. The molecule has 1 N–H and O–H groups in total. The fourth-order valence-electron chi connectivity index (χ4n) is 3.44. The van der Waals surface area contributed by atoms with Crippen LogP contribution in [0.2, 0.25) is 10.0 Å². The Labute approximate surface area is 207 Å². The average Bonchev–Trinajstić information content (AvgIpc) is 3.08. The van der Waals surface area contributed by atoms with Gasteiger partial charge in [0.2, 0.25) is 0 Å². The van der Waals surface area contributed by atoms with Gasteiger partial charge >= 0.3 is 0 Å². The van der Waals surface area contributed by atoms with Crippen molar-refractivity contribution < 1.29 is 18.4 Å². The Kier molecular flexibility index (Phi) is 6.38. The van der Waals surface area contributed by atoms with Gasteiger partial charge in [0.05, 0.1) is 37.3 Å². The maximum absolute atomic E-state index is 13.7. The summed E-state index contributed by atoms with van der Waals surface area (Å²) in [5.74, 6) is -0.328. The van der Waals surface area contributed by atoms with Crippen LogP contribution in [0, 0.1) is 10.1 Å². The molecule has 0 saturated heterocycles. The van der Waals surface area contributed by atoms with Gasteiger partial charge in [0.1, 0.15) is 5.75 Å². The Hall–Kier alpha value is -2.99. The maximum Gasteiger partial charge on any atom is 0.282 e. The second-order valence-electron chi connectivity index (χ2n) is 7.14. The van der Waals surface area contributed by atoms with E-state index in [1.807, 2.05) is 6.26 Å². The van der Waals surface area contributed by atoms with Crippen molar-refractivity contribution in [1.82, 2.24) is 8.77 Å². The molecule has 13 heteroatoms. The van der Waals surface area contributed by atoms with Gasteiger partial charge in [0.25, 0.3) is 21.3 Å². The summed E-state index contributed by atoms with van der Waals surface area (Å²) in [6.07, 6.45) is 1.81. The number of nitro groups is 1. The highest BCUT2D eigenvalue weighted by Crippen LogP contribution is 2.30. The molecule has 0 atom stereocenters. The van der Waals surface area contributed by atoms with E-state index in [-0.39, 0.29) is 42.8 Å². The zero-order valence-corrected chi connectivity index (χ0v) is 20.5. The summed E-state index contributed by atoms with van der Waals surface area (Å²) in [5, 5.41) is 21.8. The molecule has 0 unspecified atom stereocenters. The molecule has 0 bridgehead atoms. The monoisotopic (exact) mass is 539 g/mol. The van der Waals surface area contributed by atoms with Gasteiger partial charge < -0.3 is 5.11 Å². The quantitative estimate of drug-likeness (QED) is 0.213. The number of nitrogens with zero attached hydrogens (tertiary/aromatic N) is 3. The number of aromatic hydroxyl groups is 1. The van der Waals surface area contributed by atoms with Crippen LogP contribution in [0.5, 0.6) is 5.75 Å². The lowest BCUT2D eigenvalue weighted by atomic mass is 10.2. The van der Waals surface area contributed by atoms with Crippen LogP contribution in [0.15, 0.2) is 69.2 Å². The molecule has 0 aliphatic rings. The summed E-state index contributed by atoms with van der Waals surface area (Å²) in [7, 11) is -4.38. The molecule has 0 saturated carbocycles. The van der Waals surface area contributed by atoms with Crippen LogP contribution < -0.4 is 5.56 Å². The van der Waals surface area contributed by atoms with Crippen molar-refractivity contribution in [2.75, 3.05) is 6.26 Å². The van der Waals surface area contributed by atoms with Crippen molar-refractivity contribution in [2.45, 2.75) is 16.3 Å². The zero-order chi connectivity index (χ0) is 24.8. The van der Waals surface area contributed by atoms with Gasteiger partial charge in [-0.05, 0) is 48.7 Å². The maximum atomic E-state index is 13.7. The van der Waals surface area contributed by atoms with Crippen LogP contribution in [0.3, 0.4) is 0 Å². The standard InChI is InChI=1S/C21H15Cl2N3O6S2/c1-33-14-3-6-19-16(9-14)21(28)24(11-12-8-13(26(29)30)2-7-20(12)27)25(19)34(31,32)15-4-5-17(22)18(23)10-15/h2-10,27H,11H2,1H3. The van der Waals surface area contributed by atoms with Crippen molar-refractivity contribution in [3.05, 3.63) is 90.7 Å². The van der Waals surface area contributed by atoms with Crippen LogP contribution in [0.25, 0.3) is 10.9 Å². The van der Waals surface area contributed by atoms with E-state index < -0.39 is 27.1 Å². The van der Waals surface area contributed by atoms with E-state index in [9.17, 15) is 28.4 Å². The first-order valence-corrected chi connectivity index (χ1v) is 12.9. The van der Waals surface area contributed by atoms with Gasteiger partial charge in [-0.2, -0.15) is 12.5 Å². The molecule has 0 amide bonds. The minimum Gasteiger partial charge on any atom is -0.508 e. The number of phenols is 1. The first-order valence-electron chi connectivity index (χ1n) is 9.51. The number of rotatable bonds is 6. The highest BCUT2D eigenvalue weighted by atomic mass is 35.5. The summed E-state index contributed by atoms with van der Waals surface area (Å²) >= 11 is 13.3. The molecule has 0 aliphatic heterocycles. The number of halogens is 2. The van der Waals surface area contributed by atoms with Crippen molar-refractivity contribution in [1.29, 1.82) is 0 Å². The summed E-state index contributed by atoms with van der Waals surface area (Å²) in [6, 6.07) is 11.8. The lowest BCUT2D eigenvalue weighted by Gasteiger charge is -2.15. The first-order chi connectivity index (χ1) is 16.0. The van der Waals surface area contributed by atoms with E-state index in [0.717, 1.165) is 31.9 Å². The smallest absolute Gasteiger partial charge is 0.282 e. The summed E-state index contributed by atoms with van der Waals surface area (Å²) in [5.41, 5.74) is -0.880. The van der Waals surface area contributed by atoms with Crippen molar-refractivity contribution in [3.63, 3.8) is 0 Å². The van der Waals surface area contributed by atoms with Crippen molar-refractivity contribution >= 4 is 61.6 Å². The van der Waals surface area contributed by atoms with Gasteiger partial charge in [-0.15, -0.1) is 11.8 Å². The molecular weight excluding hydrogens is 525 g/mol. The SMILES string of the molecule is CSc1ccc2c(c1)c(=O)n(Cc1cc([N+](=O)[O-])ccc1O)n2S(=O)(=O)c1ccc(Cl)c(Cl)c1. The summed E-state index contributed by atoms with van der Waals surface area (Å²) < 4.78 is 29.1. The number of hydrogen-bond acceptors (Lipinski definition) is 7. The Balaban J connectivity index is 2.02. The predicted octanol–water partition coefficient (Wildman–Crippen LogP) is 4.73. The van der Waals surface area contributed by atoms with Gasteiger partial charge in [-0.1, -0.05) is 23.2 Å². The van der Waals surface area contributed by atoms with Crippen LogP contribution in [0.1, 0.15) is 5.56 Å². The third-order valence-corrected chi connectivity index (χ3v) is 8.27. The van der Waals surface area contributed by atoms with E-state index in [0.29, 0.717) is 0 Å². The zero-order valence-electron chi connectivity index (χ0n) is 17.3. The number of non-ortho nitro benzene ring substituents is 1. The average molecular weight is 540 g/mol.